The maximum Gasteiger partial charge on any atom is 0.326 e. The quantitative estimate of drug-likeness (QED) is 0.588. The predicted octanol–water partition coefficient (Wildman–Crippen LogP) is 0.168. The van der Waals surface area contributed by atoms with Crippen LogP contribution in [0, 0.1) is 6.92 Å². The molecular weight excluding hydrogens is 268 g/mol. The van der Waals surface area contributed by atoms with Crippen molar-refractivity contribution < 1.29 is 24.6 Å². The zero-order valence-electron chi connectivity index (χ0n) is 11.1. The average Bonchev–Trinajstić information content (AvgIpc) is 2.62. The minimum Gasteiger partial charge on any atom is -0.481 e. The van der Waals surface area contributed by atoms with Crippen molar-refractivity contribution in [1.29, 1.82) is 0 Å². The number of anilines is 1. The Bertz CT molecular complexity index is 525. The van der Waals surface area contributed by atoms with Crippen molar-refractivity contribution in [3.8, 4) is 0 Å². The summed E-state index contributed by atoms with van der Waals surface area (Å²) in [5.74, 6) is -2.41. The minimum absolute atomic E-state index is 0.190. The normalized spacial score (nSPS) is 11.7. The van der Waals surface area contributed by atoms with Gasteiger partial charge >= 0.3 is 18.0 Å². The second-order valence-electron chi connectivity index (χ2n) is 4.22. The Morgan fingerprint density at radius 1 is 1.40 bits per heavy atom. The van der Waals surface area contributed by atoms with Crippen molar-refractivity contribution in [2.24, 2.45) is 7.05 Å². The van der Waals surface area contributed by atoms with Crippen molar-refractivity contribution in [3.05, 3.63) is 11.9 Å². The van der Waals surface area contributed by atoms with E-state index < -0.39 is 24.0 Å². The first-order valence-corrected chi connectivity index (χ1v) is 5.82. The Kier molecular flexibility index (Phi) is 5.07. The first-order valence-electron chi connectivity index (χ1n) is 5.82. The van der Waals surface area contributed by atoms with Crippen LogP contribution in [0.4, 0.5) is 10.5 Å². The SMILES string of the molecule is Cc1nn(C)cc1NC(=O)NC(CCC(=O)O)C(=O)O. The number of hydrogen-bond donors (Lipinski definition) is 4. The summed E-state index contributed by atoms with van der Waals surface area (Å²) in [6.07, 6.45) is 1.04. The molecule has 1 heterocycles. The van der Waals surface area contributed by atoms with Crippen LogP contribution in [0.15, 0.2) is 6.20 Å². The molecule has 0 aliphatic heterocycles. The van der Waals surface area contributed by atoms with Crippen LogP contribution in [0.25, 0.3) is 0 Å². The number of carboxylic acid groups (broad SMARTS) is 2. The van der Waals surface area contributed by atoms with Gasteiger partial charge in [0.05, 0.1) is 11.4 Å². The fourth-order valence-electron chi connectivity index (χ4n) is 1.56. The lowest BCUT2D eigenvalue weighted by Gasteiger charge is -2.13. The molecule has 0 aliphatic rings. The number of amides is 2. The van der Waals surface area contributed by atoms with Crippen molar-refractivity contribution in [3.63, 3.8) is 0 Å². The third-order valence-electron chi connectivity index (χ3n) is 2.51. The lowest BCUT2D eigenvalue weighted by atomic mass is 10.1. The van der Waals surface area contributed by atoms with Crippen LogP contribution in [0.3, 0.4) is 0 Å². The van der Waals surface area contributed by atoms with Gasteiger partial charge < -0.3 is 20.8 Å². The molecule has 110 valence electrons. The van der Waals surface area contributed by atoms with Crippen molar-refractivity contribution >= 4 is 23.7 Å². The summed E-state index contributed by atoms with van der Waals surface area (Å²) in [5.41, 5.74) is 1.03. The highest BCUT2D eigenvalue weighted by Gasteiger charge is 2.21. The fraction of sp³-hybridized carbons (Fsp3) is 0.455. The van der Waals surface area contributed by atoms with Crippen LogP contribution < -0.4 is 10.6 Å². The molecule has 0 bridgehead atoms. The molecule has 1 rings (SSSR count). The van der Waals surface area contributed by atoms with Gasteiger partial charge in [-0.25, -0.2) is 9.59 Å². The molecule has 0 saturated carbocycles. The van der Waals surface area contributed by atoms with Crippen LogP contribution in [0.2, 0.25) is 0 Å². The molecule has 0 saturated heterocycles. The molecule has 0 radical (unpaired) electrons. The molecule has 1 aromatic heterocycles. The van der Waals surface area contributed by atoms with E-state index in [2.05, 4.69) is 15.7 Å². The zero-order valence-corrected chi connectivity index (χ0v) is 11.1. The number of carbonyl (C=O) groups is 3. The maximum absolute atomic E-state index is 11.7. The van der Waals surface area contributed by atoms with E-state index in [0.29, 0.717) is 11.4 Å². The third kappa shape index (κ3) is 4.59. The molecule has 0 aliphatic carbocycles. The van der Waals surface area contributed by atoms with E-state index in [9.17, 15) is 14.4 Å². The van der Waals surface area contributed by atoms with Crippen LogP contribution in [-0.4, -0.2) is 44.0 Å². The molecule has 9 nitrogen and oxygen atoms in total. The number of hydrogen-bond acceptors (Lipinski definition) is 4. The first kappa shape index (κ1) is 15.5. The summed E-state index contributed by atoms with van der Waals surface area (Å²) in [7, 11) is 1.68. The van der Waals surface area contributed by atoms with Crippen LogP contribution in [-0.2, 0) is 16.6 Å². The van der Waals surface area contributed by atoms with E-state index in [1.165, 1.54) is 4.68 Å². The number of carbonyl (C=O) groups excluding carboxylic acids is 1. The van der Waals surface area contributed by atoms with E-state index in [0.717, 1.165) is 0 Å². The molecule has 1 atom stereocenters. The largest absolute Gasteiger partial charge is 0.481 e. The maximum atomic E-state index is 11.7. The van der Waals surface area contributed by atoms with Crippen LogP contribution >= 0.6 is 0 Å². The minimum atomic E-state index is -1.29. The summed E-state index contributed by atoms with van der Waals surface area (Å²) in [6.45, 7) is 1.69. The van der Waals surface area contributed by atoms with Crippen LogP contribution in [0.5, 0.6) is 0 Å². The smallest absolute Gasteiger partial charge is 0.326 e. The van der Waals surface area contributed by atoms with Gasteiger partial charge in [-0.05, 0) is 13.3 Å². The molecule has 4 N–H and O–H groups in total. The monoisotopic (exact) mass is 284 g/mol. The summed E-state index contributed by atoms with van der Waals surface area (Å²) in [6, 6.07) is -1.98. The standard InChI is InChI=1S/C11H16N4O5/c1-6-8(5-15(2)14-6)13-11(20)12-7(10(18)19)3-4-9(16)17/h5,7H,3-4H2,1-2H3,(H,16,17)(H,18,19)(H2,12,13,20). The second-order valence-corrected chi connectivity index (χ2v) is 4.22. The topological polar surface area (TPSA) is 134 Å². The Morgan fingerprint density at radius 2 is 2.05 bits per heavy atom. The van der Waals surface area contributed by atoms with E-state index >= 15 is 0 Å². The highest BCUT2D eigenvalue weighted by Crippen LogP contribution is 2.11. The first-order chi connectivity index (χ1) is 9.29. The highest BCUT2D eigenvalue weighted by molar-refractivity contribution is 5.92. The lowest BCUT2D eigenvalue weighted by Crippen LogP contribution is -2.43. The summed E-state index contributed by atoms with van der Waals surface area (Å²) in [4.78, 5) is 33.0. The van der Waals surface area contributed by atoms with Gasteiger partial charge in [-0.2, -0.15) is 5.10 Å². The molecule has 0 spiro atoms. The van der Waals surface area contributed by atoms with E-state index in [-0.39, 0.29) is 12.8 Å². The number of rotatable bonds is 6. The average molecular weight is 284 g/mol. The highest BCUT2D eigenvalue weighted by atomic mass is 16.4. The van der Waals surface area contributed by atoms with Gasteiger partial charge in [0, 0.05) is 19.7 Å². The molecule has 0 aromatic carbocycles. The van der Waals surface area contributed by atoms with Gasteiger partial charge in [-0.3, -0.25) is 9.48 Å². The van der Waals surface area contributed by atoms with E-state index in [1.54, 1.807) is 20.2 Å². The fourth-order valence-corrected chi connectivity index (χ4v) is 1.56. The van der Waals surface area contributed by atoms with Gasteiger partial charge in [0.2, 0.25) is 0 Å². The van der Waals surface area contributed by atoms with E-state index in [4.69, 9.17) is 10.2 Å². The number of aliphatic carboxylic acids is 2. The van der Waals surface area contributed by atoms with Gasteiger partial charge in [-0.1, -0.05) is 0 Å². The Hall–Kier alpha value is -2.58. The Morgan fingerprint density at radius 3 is 2.50 bits per heavy atom. The van der Waals surface area contributed by atoms with Gasteiger partial charge in [0.25, 0.3) is 0 Å². The molecular formula is C11H16N4O5. The predicted molar refractivity (Wildman–Crippen MR) is 68.4 cm³/mol. The number of nitrogens with zero attached hydrogens (tertiary/aromatic N) is 2. The van der Waals surface area contributed by atoms with Crippen molar-refractivity contribution in [1.82, 2.24) is 15.1 Å². The summed E-state index contributed by atoms with van der Waals surface area (Å²) >= 11 is 0. The molecule has 9 heteroatoms. The van der Waals surface area contributed by atoms with Gasteiger partial charge in [0.15, 0.2) is 0 Å². The summed E-state index contributed by atoms with van der Waals surface area (Å²) in [5, 5.41) is 26.1. The second kappa shape index (κ2) is 6.55. The lowest BCUT2D eigenvalue weighted by molar-refractivity contribution is -0.140. The van der Waals surface area contributed by atoms with E-state index in [1.807, 2.05) is 0 Å². The van der Waals surface area contributed by atoms with Crippen LogP contribution in [0.1, 0.15) is 18.5 Å². The van der Waals surface area contributed by atoms with Gasteiger partial charge in [0.1, 0.15) is 6.04 Å². The van der Waals surface area contributed by atoms with Gasteiger partial charge in [-0.15, -0.1) is 0 Å². The number of aromatic nitrogens is 2. The number of aryl methyl sites for hydroxylation is 2. The molecule has 2 amide bonds. The van der Waals surface area contributed by atoms with Crippen molar-refractivity contribution in [2.45, 2.75) is 25.8 Å². The molecule has 0 fully saturated rings. The zero-order chi connectivity index (χ0) is 15.3. The molecule has 1 aromatic rings. The van der Waals surface area contributed by atoms with Crippen molar-refractivity contribution in [2.75, 3.05) is 5.32 Å². The molecule has 20 heavy (non-hydrogen) atoms. The molecule has 1 unspecified atom stereocenters. The number of nitrogens with one attached hydrogen (secondary N) is 2. The number of urea groups is 1. The third-order valence-corrected chi connectivity index (χ3v) is 2.51. The Balaban J connectivity index is 2.60. The summed E-state index contributed by atoms with van der Waals surface area (Å²) < 4.78 is 1.50. The Labute approximate surface area is 114 Å². The number of carboxylic acids is 2.